The number of nitrogens with zero attached hydrogens (tertiary/aromatic N) is 10. The first kappa shape index (κ1) is 56.2. The molecule has 0 aliphatic rings. The maximum absolute atomic E-state index is 5.45. The molecule has 7 aromatic heterocycles. The number of pyridine rings is 4. The van der Waals surface area contributed by atoms with E-state index in [9.17, 15) is 0 Å². The molecule has 10 rings (SSSR count). The molecule has 10 aromatic rings. The Morgan fingerprint density at radius 3 is 1.62 bits per heavy atom. The summed E-state index contributed by atoms with van der Waals surface area (Å²) < 4.78 is 0. The molecule has 0 aliphatic carbocycles. The van der Waals surface area contributed by atoms with Gasteiger partial charge in [0.2, 0.25) is 0 Å². The van der Waals surface area contributed by atoms with Gasteiger partial charge in [0.05, 0.1) is 67.6 Å². The van der Waals surface area contributed by atoms with E-state index >= 15 is 0 Å². The third-order valence-corrected chi connectivity index (χ3v) is 15.1. The molecule has 2 unspecified atom stereocenters. The van der Waals surface area contributed by atoms with Crippen LogP contribution in [0.1, 0.15) is 156 Å². The van der Waals surface area contributed by atoms with Crippen LogP contribution in [0.15, 0.2) is 135 Å². The van der Waals surface area contributed by atoms with Crippen molar-refractivity contribution in [1.82, 2.24) is 49.8 Å². The number of fused-ring (bicyclic) bond motifs is 6. The summed E-state index contributed by atoms with van der Waals surface area (Å²) in [6.45, 7) is 21.9. The van der Waals surface area contributed by atoms with Gasteiger partial charge in [-0.1, -0.05) is 192 Å². The van der Waals surface area contributed by atoms with Crippen LogP contribution >= 0.6 is 0 Å². The van der Waals surface area contributed by atoms with Crippen molar-refractivity contribution in [2.45, 2.75) is 133 Å². The van der Waals surface area contributed by atoms with Crippen molar-refractivity contribution >= 4 is 78.6 Å². The van der Waals surface area contributed by atoms with E-state index in [1.807, 2.05) is 51.1 Å². The standard InChI is InChI=1S/C58H52N10.C8H18.C2H6/c1-7-11-27-58(6,10-4)36(5)15-16-38-17-18-39-21-25-44(66-50(39)42(38)13-8-2)48-54-56(64-33-31-62-54)49(57-55(48)63-32-34-65-57)45-26-23-41-20-19-40-22-24-43(67-52(40)53(41)68-45)47(46-35-59-29-30-60-46)51-37(9-3)14-12-28-61-51;1-3-5-7-8-6-4-2;1-2/h8-9,12-26,28-36H,7,10-11,27H2,1-6H3;3-8H2,1-2H3;1-2H3/b13-8-,16-15-,37-9-,51-47+;;. The molecule has 0 amide bonds. The SMILES string of the molecule is C/C=C\c1c(/C=C\C(C)C(C)(CC)CCCC)ccc2ccc(-c3c4nccnc4c(-c4ccc5ccc6ccc(/C(c7cnccn7)=c7\nccc\c7=C\C)nc6c5n4)c4nccnc34)nc12.CC.CCCCCCCC. The van der Waals surface area contributed by atoms with E-state index in [0.717, 1.165) is 83.2 Å². The van der Waals surface area contributed by atoms with Gasteiger partial charge in [0.1, 0.15) is 22.1 Å². The molecule has 0 spiro atoms. The third kappa shape index (κ3) is 12.1. The monoisotopic (exact) mass is 1030 g/mol. The second kappa shape index (κ2) is 26.9. The summed E-state index contributed by atoms with van der Waals surface area (Å²) in [5.74, 6) is 0.414. The Labute approximate surface area is 461 Å². The summed E-state index contributed by atoms with van der Waals surface area (Å²) in [7, 11) is 0. The van der Waals surface area contributed by atoms with Crippen LogP contribution in [0.3, 0.4) is 0 Å². The molecule has 10 heteroatoms. The fourth-order valence-electron chi connectivity index (χ4n) is 10.3. The highest BCUT2D eigenvalue weighted by molar-refractivity contribution is 6.16. The van der Waals surface area contributed by atoms with E-state index in [-0.39, 0.29) is 5.41 Å². The van der Waals surface area contributed by atoms with E-state index in [1.54, 1.807) is 49.6 Å². The van der Waals surface area contributed by atoms with Crippen molar-refractivity contribution in [1.29, 1.82) is 0 Å². The molecule has 10 nitrogen and oxygen atoms in total. The van der Waals surface area contributed by atoms with Gasteiger partial charge in [-0.2, -0.15) is 0 Å². The second-order valence-electron chi connectivity index (χ2n) is 20.1. The van der Waals surface area contributed by atoms with Crippen molar-refractivity contribution in [2.75, 3.05) is 0 Å². The highest BCUT2D eigenvalue weighted by Gasteiger charge is 2.27. The van der Waals surface area contributed by atoms with Crippen LogP contribution in [0.2, 0.25) is 0 Å². The lowest BCUT2D eigenvalue weighted by molar-refractivity contribution is 0.207. The predicted octanol–water partition coefficient (Wildman–Crippen LogP) is 16.5. The first-order chi connectivity index (χ1) is 38.2. The molecule has 78 heavy (non-hydrogen) atoms. The molecule has 0 N–H and O–H groups in total. The van der Waals surface area contributed by atoms with Crippen LogP contribution in [0, 0.1) is 11.3 Å². The number of unbranched alkanes of at least 4 members (excludes halogenated alkanes) is 6. The van der Waals surface area contributed by atoms with Crippen molar-refractivity contribution in [3.63, 3.8) is 0 Å². The molecule has 7 heterocycles. The predicted molar refractivity (Wildman–Crippen MR) is 328 cm³/mol. The molecule has 398 valence electrons. The van der Waals surface area contributed by atoms with Crippen LogP contribution in [-0.4, -0.2) is 49.8 Å². The summed E-state index contributed by atoms with van der Waals surface area (Å²) in [4.78, 5) is 50.2. The lowest BCUT2D eigenvalue weighted by Gasteiger charge is -2.33. The van der Waals surface area contributed by atoms with Crippen molar-refractivity contribution in [3.8, 4) is 22.5 Å². The smallest absolute Gasteiger partial charge is 0.101 e. The van der Waals surface area contributed by atoms with Gasteiger partial charge in [-0.25, -0.2) is 15.0 Å². The van der Waals surface area contributed by atoms with Crippen LogP contribution < -0.4 is 10.6 Å². The van der Waals surface area contributed by atoms with E-state index in [4.69, 9.17) is 44.9 Å². The van der Waals surface area contributed by atoms with Gasteiger partial charge in [0, 0.05) is 65.1 Å². The minimum Gasteiger partial charge on any atom is -0.261 e. The lowest BCUT2D eigenvalue weighted by atomic mass is 9.72. The zero-order valence-corrected chi connectivity index (χ0v) is 47.6. The highest BCUT2D eigenvalue weighted by atomic mass is 14.9. The first-order valence-electron chi connectivity index (χ1n) is 28.5. The molecule has 2 atom stereocenters. The summed E-state index contributed by atoms with van der Waals surface area (Å²) in [6.07, 6.45) is 38.0. The Hall–Kier alpha value is -7.98. The number of allylic oxidation sites excluding steroid dienone is 2. The van der Waals surface area contributed by atoms with Gasteiger partial charge >= 0.3 is 0 Å². The maximum Gasteiger partial charge on any atom is 0.101 e. The van der Waals surface area contributed by atoms with Gasteiger partial charge in [-0.3, -0.25) is 34.9 Å². The average molecular weight is 1030 g/mol. The Bertz CT molecular complexity index is 3790. The summed E-state index contributed by atoms with van der Waals surface area (Å²) in [5.41, 5.74) is 12.5. The zero-order valence-electron chi connectivity index (χ0n) is 47.6. The van der Waals surface area contributed by atoms with E-state index in [0.29, 0.717) is 45.1 Å². The van der Waals surface area contributed by atoms with Crippen molar-refractivity contribution in [2.24, 2.45) is 11.3 Å². The van der Waals surface area contributed by atoms with E-state index in [2.05, 4.69) is 126 Å². The number of benzene rings is 3. The lowest BCUT2D eigenvalue weighted by Crippen LogP contribution is -2.31. The fraction of sp³-hybridized carbons (Fsp3) is 0.324. The van der Waals surface area contributed by atoms with Gasteiger partial charge < -0.3 is 0 Å². The molecular formula is C68H76N10. The summed E-state index contributed by atoms with van der Waals surface area (Å²) in [5, 5.41) is 4.66. The van der Waals surface area contributed by atoms with Crippen LogP contribution in [0.25, 0.3) is 101 Å². The first-order valence-corrected chi connectivity index (χ1v) is 28.5. The Morgan fingerprint density at radius 2 is 1.06 bits per heavy atom. The molecule has 0 bridgehead atoms. The third-order valence-electron chi connectivity index (χ3n) is 15.1. The Kier molecular flexibility index (Phi) is 19.4. The normalized spacial score (nSPS) is 13.5. The zero-order chi connectivity index (χ0) is 55.0. The summed E-state index contributed by atoms with van der Waals surface area (Å²) in [6, 6.07) is 24.9. The fourth-order valence-corrected chi connectivity index (χ4v) is 10.3. The summed E-state index contributed by atoms with van der Waals surface area (Å²) >= 11 is 0. The molecule has 0 saturated heterocycles. The minimum atomic E-state index is 0.238. The molecule has 0 aliphatic heterocycles. The molecule has 0 saturated carbocycles. The minimum absolute atomic E-state index is 0.238. The quantitative estimate of drug-likeness (QED) is 0.0494. The second-order valence-corrected chi connectivity index (χ2v) is 20.1. The Morgan fingerprint density at radius 1 is 0.526 bits per heavy atom. The van der Waals surface area contributed by atoms with Crippen molar-refractivity contribution in [3.05, 3.63) is 168 Å². The number of hydrogen-bond acceptors (Lipinski definition) is 10. The Balaban J connectivity index is 0.000000738. The molecule has 0 fully saturated rings. The number of aromatic nitrogens is 10. The number of hydrogen-bond donors (Lipinski definition) is 0. The maximum atomic E-state index is 5.45. The topological polar surface area (TPSA) is 129 Å². The van der Waals surface area contributed by atoms with Gasteiger partial charge in [0.25, 0.3) is 0 Å². The molecular weight excluding hydrogens is 957 g/mol. The van der Waals surface area contributed by atoms with Gasteiger partial charge in [0.15, 0.2) is 0 Å². The molecule has 3 aromatic carbocycles. The van der Waals surface area contributed by atoms with Crippen LogP contribution in [-0.2, 0) is 0 Å². The van der Waals surface area contributed by atoms with Crippen LogP contribution in [0.4, 0.5) is 0 Å². The number of rotatable bonds is 17. The molecule has 0 radical (unpaired) electrons. The van der Waals surface area contributed by atoms with E-state index in [1.165, 1.54) is 57.8 Å². The highest BCUT2D eigenvalue weighted by Crippen LogP contribution is 2.42. The largest absolute Gasteiger partial charge is 0.261 e. The van der Waals surface area contributed by atoms with E-state index < -0.39 is 0 Å². The van der Waals surface area contributed by atoms with Crippen LogP contribution in [0.5, 0.6) is 0 Å². The van der Waals surface area contributed by atoms with Gasteiger partial charge in [-0.05, 0) is 66.6 Å². The van der Waals surface area contributed by atoms with Crippen molar-refractivity contribution < 1.29 is 0 Å². The average Bonchev–Trinajstić information content (AvgIpc) is 3.69. The van der Waals surface area contributed by atoms with Gasteiger partial charge in [-0.15, -0.1) is 0 Å².